The van der Waals surface area contributed by atoms with E-state index in [1.165, 1.54) is 0 Å². The number of carbonyl (C=O) groups excluding carboxylic acids is 1. The van der Waals surface area contributed by atoms with Gasteiger partial charge in [-0.1, -0.05) is 12.1 Å². The summed E-state index contributed by atoms with van der Waals surface area (Å²) in [5.41, 5.74) is 1.64. The van der Waals surface area contributed by atoms with Crippen LogP contribution in [0.2, 0.25) is 0 Å². The molecule has 0 unspecified atom stereocenters. The van der Waals surface area contributed by atoms with Gasteiger partial charge in [0.15, 0.2) is 0 Å². The molecule has 1 aliphatic heterocycles. The van der Waals surface area contributed by atoms with Crippen LogP contribution in [0, 0.1) is 5.92 Å². The fourth-order valence-corrected chi connectivity index (χ4v) is 2.01. The third-order valence-corrected chi connectivity index (χ3v) is 3.07. The minimum Gasteiger partial charge on any atom is -0.392 e. The summed E-state index contributed by atoms with van der Waals surface area (Å²) in [6.07, 6.45) is 2.01. The highest BCUT2D eigenvalue weighted by Gasteiger charge is 2.20. The van der Waals surface area contributed by atoms with Crippen LogP contribution in [0.15, 0.2) is 24.3 Å². The Bertz CT molecular complexity index is 370. The van der Waals surface area contributed by atoms with Crippen molar-refractivity contribution in [2.45, 2.75) is 19.4 Å². The molecular weight excluding hydrogens is 216 g/mol. The van der Waals surface area contributed by atoms with E-state index in [-0.39, 0.29) is 18.4 Å². The highest BCUT2D eigenvalue weighted by Crippen LogP contribution is 2.15. The van der Waals surface area contributed by atoms with Gasteiger partial charge < -0.3 is 15.7 Å². The number of benzene rings is 1. The standard InChI is InChI=1S/C13H18N2O2/c16-9-10-3-5-12(6-4-10)15-13(17)11-2-1-7-14-8-11/h3-6,11,14,16H,1-2,7-9H2,(H,15,17)/t11-/m1/s1. The first-order valence-corrected chi connectivity index (χ1v) is 6.01. The quantitative estimate of drug-likeness (QED) is 0.734. The van der Waals surface area contributed by atoms with Crippen molar-refractivity contribution in [2.24, 2.45) is 5.92 Å². The van der Waals surface area contributed by atoms with Crippen LogP contribution in [0.5, 0.6) is 0 Å². The number of aliphatic hydroxyl groups excluding tert-OH is 1. The molecule has 4 nitrogen and oxygen atoms in total. The first-order valence-electron chi connectivity index (χ1n) is 6.01. The number of aliphatic hydroxyl groups is 1. The number of carbonyl (C=O) groups is 1. The van der Waals surface area contributed by atoms with Gasteiger partial charge in [0.25, 0.3) is 0 Å². The molecule has 1 aromatic rings. The molecular formula is C13H18N2O2. The van der Waals surface area contributed by atoms with Crippen LogP contribution in [0.4, 0.5) is 5.69 Å². The van der Waals surface area contributed by atoms with Gasteiger partial charge >= 0.3 is 0 Å². The van der Waals surface area contributed by atoms with Crippen molar-refractivity contribution in [3.8, 4) is 0 Å². The molecule has 4 heteroatoms. The lowest BCUT2D eigenvalue weighted by atomic mass is 9.99. The van der Waals surface area contributed by atoms with Crippen LogP contribution in [0.1, 0.15) is 18.4 Å². The molecule has 0 aliphatic carbocycles. The average Bonchev–Trinajstić information content (AvgIpc) is 2.40. The molecule has 1 fully saturated rings. The zero-order valence-corrected chi connectivity index (χ0v) is 9.78. The van der Waals surface area contributed by atoms with Crippen LogP contribution >= 0.6 is 0 Å². The van der Waals surface area contributed by atoms with Gasteiger partial charge in [-0.25, -0.2) is 0 Å². The molecule has 1 amide bonds. The van der Waals surface area contributed by atoms with E-state index in [1.807, 2.05) is 24.3 Å². The maximum atomic E-state index is 11.9. The number of nitrogens with one attached hydrogen (secondary N) is 2. The maximum absolute atomic E-state index is 11.9. The number of piperidine rings is 1. The van der Waals surface area contributed by atoms with Crippen molar-refractivity contribution >= 4 is 11.6 Å². The molecule has 1 aromatic carbocycles. The second-order valence-electron chi connectivity index (χ2n) is 4.39. The molecule has 2 rings (SSSR count). The van der Waals surface area contributed by atoms with E-state index in [0.717, 1.165) is 37.2 Å². The lowest BCUT2D eigenvalue weighted by Gasteiger charge is -2.21. The zero-order valence-electron chi connectivity index (χ0n) is 9.78. The van der Waals surface area contributed by atoms with Crippen molar-refractivity contribution < 1.29 is 9.90 Å². The molecule has 3 N–H and O–H groups in total. The molecule has 0 radical (unpaired) electrons. The Hall–Kier alpha value is -1.39. The molecule has 0 spiro atoms. The Kier molecular flexibility index (Phi) is 4.12. The Morgan fingerprint density at radius 3 is 2.76 bits per heavy atom. The Morgan fingerprint density at radius 2 is 2.18 bits per heavy atom. The Labute approximate surface area is 101 Å². The number of amides is 1. The van der Waals surface area contributed by atoms with Gasteiger partial charge in [0.05, 0.1) is 12.5 Å². The molecule has 1 saturated heterocycles. The van der Waals surface area contributed by atoms with E-state index >= 15 is 0 Å². The van der Waals surface area contributed by atoms with E-state index in [4.69, 9.17) is 5.11 Å². The van der Waals surface area contributed by atoms with E-state index in [2.05, 4.69) is 10.6 Å². The molecule has 1 aliphatic rings. The largest absolute Gasteiger partial charge is 0.392 e. The minimum absolute atomic E-state index is 0.0285. The fraction of sp³-hybridized carbons (Fsp3) is 0.462. The van der Waals surface area contributed by atoms with Crippen LogP contribution in [-0.2, 0) is 11.4 Å². The molecule has 0 aromatic heterocycles. The van der Waals surface area contributed by atoms with E-state index < -0.39 is 0 Å². The van der Waals surface area contributed by atoms with Gasteiger partial charge in [-0.15, -0.1) is 0 Å². The van der Waals surface area contributed by atoms with E-state index in [1.54, 1.807) is 0 Å². The summed E-state index contributed by atoms with van der Waals surface area (Å²) in [5.74, 6) is 0.148. The second kappa shape index (κ2) is 5.80. The van der Waals surface area contributed by atoms with Crippen LogP contribution in [0.3, 0.4) is 0 Å². The van der Waals surface area contributed by atoms with Gasteiger partial charge in [-0.2, -0.15) is 0 Å². The van der Waals surface area contributed by atoms with Crippen LogP contribution in [-0.4, -0.2) is 24.1 Å². The lowest BCUT2D eigenvalue weighted by Crippen LogP contribution is -2.37. The van der Waals surface area contributed by atoms with Gasteiger partial charge in [0.1, 0.15) is 0 Å². The summed E-state index contributed by atoms with van der Waals surface area (Å²) in [4.78, 5) is 11.9. The Morgan fingerprint density at radius 1 is 1.41 bits per heavy atom. The highest BCUT2D eigenvalue weighted by atomic mass is 16.3. The molecule has 92 valence electrons. The normalized spacial score (nSPS) is 19.9. The van der Waals surface area contributed by atoms with Gasteiger partial charge in [-0.05, 0) is 37.1 Å². The summed E-state index contributed by atoms with van der Waals surface area (Å²) in [6, 6.07) is 7.27. The minimum atomic E-state index is 0.0285. The monoisotopic (exact) mass is 234 g/mol. The fourth-order valence-electron chi connectivity index (χ4n) is 2.01. The number of rotatable bonds is 3. The number of hydrogen-bond acceptors (Lipinski definition) is 3. The van der Waals surface area contributed by atoms with E-state index in [9.17, 15) is 4.79 Å². The summed E-state index contributed by atoms with van der Waals surface area (Å²) >= 11 is 0. The predicted molar refractivity (Wildman–Crippen MR) is 66.6 cm³/mol. The first kappa shape index (κ1) is 12.1. The maximum Gasteiger partial charge on any atom is 0.228 e. The number of hydrogen-bond donors (Lipinski definition) is 3. The summed E-state index contributed by atoms with van der Waals surface area (Å²) in [7, 11) is 0. The molecule has 0 saturated carbocycles. The number of anilines is 1. The topological polar surface area (TPSA) is 61.4 Å². The smallest absolute Gasteiger partial charge is 0.228 e. The van der Waals surface area contributed by atoms with Crippen molar-refractivity contribution in [1.82, 2.24) is 5.32 Å². The van der Waals surface area contributed by atoms with Gasteiger partial charge in [0.2, 0.25) is 5.91 Å². The molecule has 17 heavy (non-hydrogen) atoms. The predicted octanol–water partition coefficient (Wildman–Crippen LogP) is 1.12. The van der Waals surface area contributed by atoms with Crippen molar-refractivity contribution in [3.63, 3.8) is 0 Å². The first-order chi connectivity index (χ1) is 8.29. The van der Waals surface area contributed by atoms with Crippen LogP contribution in [0.25, 0.3) is 0 Å². The van der Waals surface area contributed by atoms with Crippen molar-refractivity contribution in [2.75, 3.05) is 18.4 Å². The van der Waals surface area contributed by atoms with Crippen molar-refractivity contribution in [1.29, 1.82) is 0 Å². The summed E-state index contributed by atoms with van der Waals surface area (Å²) in [5, 5.41) is 15.0. The van der Waals surface area contributed by atoms with Gasteiger partial charge in [-0.3, -0.25) is 4.79 Å². The van der Waals surface area contributed by atoms with Crippen molar-refractivity contribution in [3.05, 3.63) is 29.8 Å². The molecule has 0 bridgehead atoms. The molecule has 1 atom stereocenters. The summed E-state index contributed by atoms with van der Waals surface area (Å²) < 4.78 is 0. The second-order valence-corrected chi connectivity index (χ2v) is 4.39. The average molecular weight is 234 g/mol. The highest BCUT2D eigenvalue weighted by molar-refractivity contribution is 5.92. The van der Waals surface area contributed by atoms with E-state index in [0.29, 0.717) is 0 Å². The van der Waals surface area contributed by atoms with Crippen LogP contribution < -0.4 is 10.6 Å². The Balaban J connectivity index is 1.92. The molecule has 1 heterocycles. The lowest BCUT2D eigenvalue weighted by molar-refractivity contribution is -0.120. The third-order valence-electron chi connectivity index (χ3n) is 3.07. The zero-order chi connectivity index (χ0) is 12.1. The SMILES string of the molecule is O=C(Nc1ccc(CO)cc1)[C@@H]1CCCNC1. The third kappa shape index (κ3) is 3.28. The summed E-state index contributed by atoms with van der Waals surface area (Å²) in [6.45, 7) is 1.80. The van der Waals surface area contributed by atoms with Gasteiger partial charge in [0, 0.05) is 12.2 Å².